The first-order chi connectivity index (χ1) is 13.1. The van der Waals surface area contributed by atoms with Crippen LogP contribution in [0.25, 0.3) is 0 Å². The first kappa shape index (κ1) is 24.6. The summed E-state index contributed by atoms with van der Waals surface area (Å²) in [6.45, 7) is 12.5. The molecule has 1 fully saturated rings. The number of rotatable bonds is 9. The number of benzene rings is 1. The van der Waals surface area contributed by atoms with Crippen molar-refractivity contribution in [3.63, 3.8) is 0 Å². The van der Waals surface area contributed by atoms with Crippen molar-refractivity contribution in [1.29, 1.82) is 0 Å². The molecule has 28 heavy (non-hydrogen) atoms. The number of methoxy groups -OCH3 is 1. The minimum atomic E-state index is -0.0108. The molecular formula is C21H35IN4O2. The fraction of sp³-hybridized carbons (Fsp3) is 0.571. The van der Waals surface area contributed by atoms with Crippen LogP contribution >= 0.6 is 24.0 Å². The van der Waals surface area contributed by atoms with Crippen LogP contribution in [0.1, 0.15) is 26.7 Å². The summed E-state index contributed by atoms with van der Waals surface area (Å²) in [4.78, 5) is 7.14. The second kappa shape index (κ2) is 13.7. The molecule has 2 N–H and O–H groups in total. The molecule has 0 aromatic heterocycles. The van der Waals surface area contributed by atoms with Crippen molar-refractivity contribution in [3.05, 3.63) is 36.9 Å². The molecule has 7 heteroatoms. The highest BCUT2D eigenvalue weighted by Gasteiger charge is 2.19. The number of likely N-dealkylation sites (tertiary alicyclic amines) is 1. The number of ether oxygens (including phenoxy) is 2. The molecule has 0 bridgehead atoms. The minimum absolute atomic E-state index is 0. The second-order valence-corrected chi connectivity index (χ2v) is 6.83. The van der Waals surface area contributed by atoms with Crippen LogP contribution in [-0.4, -0.2) is 62.8 Å². The quantitative estimate of drug-likeness (QED) is 0.235. The second-order valence-electron chi connectivity index (χ2n) is 6.83. The summed E-state index contributed by atoms with van der Waals surface area (Å²) in [7, 11) is 1.66. The van der Waals surface area contributed by atoms with Gasteiger partial charge in [-0.15, -0.1) is 30.6 Å². The molecule has 0 spiro atoms. The normalized spacial score (nSPS) is 16.6. The van der Waals surface area contributed by atoms with Gasteiger partial charge in [0.05, 0.1) is 13.7 Å². The number of nitrogens with zero attached hydrogens (tertiary/aromatic N) is 2. The van der Waals surface area contributed by atoms with E-state index >= 15 is 0 Å². The van der Waals surface area contributed by atoms with Gasteiger partial charge in [0.2, 0.25) is 0 Å². The number of piperidine rings is 1. The van der Waals surface area contributed by atoms with E-state index in [-0.39, 0.29) is 30.1 Å². The van der Waals surface area contributed by atoms with Crippen LogP contribution in [0.2, 0.25) is 0 Å². The fourth-order valence-electron chi connectivity index (χ4n) is 3.10. The van der Waals surface area contributed by atoms with Crippen molar-refractivity contribution in [2.24, 2.45) is 4.99 Å². The van der Waals surface area contributed by atoms with E-state index in [9.17, 15) is 0 Å². The highest BCUT2D eigenvalue weighted by Crippen LogP contribution is 2.18. The summed E-state index contributed by atoms with van der Waals surface area (Å²) >= 11 is 0. The number of nitrogens with one attached hydrogen (secondary N) is 2. The molecule has 158 valence electrons. The third-order valence-corrected chi connectivity index (χ3v) is 4.56. The Morgan fingerprint density at radius 2 is 1.93 bits per heavy atom. The predicted octanol–water partition coefficient (Wildman–Crippen LogP) is 3.29. The van der Waals surface area contributed by atoms with Crippen molar-refractivity contribution >= 4 is 29.9 Å². The lowest BCUT2D eigenvalue weighted by molar-refractivity contribution is 0.223. The Hall–Kier alpha value is -1.48. The van der Waals surface area contributed by atoms with Crippen LogP contribution in [0.5, 0.6) is 11.5 Å². The average molecular weight is 502 g/mol. The standard InChI is InChI=1S/C21H34N4O2.HI/c1-5-13-25-14-11-18(12-15-25)24-21(22-6-2)23-16-17(3)27-20-9-7-19(26-4)8-10-20;/h5,7-10,17-18H,1,6,11-16H2,2-4H3,(H2,22,23,24);1H. The first-order valence-electron chi connectivity index (χ1n) is 9.83. The van der Waals surface area contributed by atoms with E-state index in [1.807, 2.05) is 37.3 Å². The molecule has 1 saturated heterocycles. The molecule has 0 amide bonds. The molecule has 2 rings (SSSR count). The van der Waals surface area contributed by atoms with Gasteiger partial charge in [-0.1, -0.05) is 6.08 Å². The highest BCUT2D eigenvalue weighted by molar-refractivity contribution is 14.0. The Labute approximate surface area is 186 Å². The van der Waals surface area contributed by atoms with Gasteiger partial charge in [0.25, 0.3) is 0 Å². The van der Waals surface area contributed by atoms with Gasteiger partial charge >= 0.3 is 0 Å². The number of aliphatic imine (C=N–C) groups is 1. The van der Waals surface area contributed by atoms with Gasteiger partial charge in [0, 0.05) is 32.2 Å². The summed E-state index contributed by atoms with van der Waals surface area (Å²) in [6, 6.07) is 8.09. The summed E-state index contributed by atoms with van der Waals surface area (Å²) in [5.41, 5.74) is 0. The third kappa shape index (κ3) is 8.68. The van der Waals surface area contributed by atoms with Gasteiger partial charge in [-0.3, -0.25) is 4.90 Å². The molecule has 1 aliphatic heterocycles. The Morgan fingerprint density at radius 3 is 2.50 bits per heavy atom. The molecule has 6 nitrogen and oxygen atoms in total. The lowest BCUT2D eigenvalue weighted by atomic mass is 10.1. The summed E-state index contributed by atoms with van der Waals surface area (Å²) in [5.74, 6) is 2.52. The Bertz CT molecular complexity index is 587. The lowest BCUT2D eigenvalue weighted by Gasteiger charge is -2.32. The molecule has 0 radical (unpaired) electrons. The van der Waals surface area contributed by atoms with E-state index in [1.54, 1.807) is 7.11 Å². The molecule has 1 aliphatic rings. The van der Waals surface area contributed by atoms with Crippen LogP contribution in [0, 0.1) is 0 Å². The van der Waals surface area contributed by atoms with Crippen LogP contribution in [0.3, 0.4) is 0 Å². The van der Waals surface area contributed by atoms with Gasteiger partial charge in [-0.05, 0) is 51.0 Å². The van der Waals surface area contributed by atoms with E-state index < -0.39 is 0 Å². The van der Waals surface area contributed by atoms with Gasteiger partial charge < -0.3 is 20.1 Å². The van der Waals surface area contributed by atoms with Gasteiger partial charge in [-0.25, -0.2) is 4.99 Å². The topological polar surface area (TPSA) is 58.1 Å². The summed E-state index contributed by atoms with van der Waals surface area (Å²) in [6.07, 6.45) is 4.21. The maximum absolute atomic E-state index is 5.94. The Balaban J connectivity index is 0.00000392. The first-order valence-corrected chi connectivity index (χ1v) is 9.83. The summed E-state index contributed by atoms with van der Waals surface area (Å²) < 4.78 is 11.1. The molecule has 1 aromatic rings. The zero-order valence-electron chi connectivity index (χ0n) is 17.3. The molecule has 1 atom stereocenters. The maximum atomic E-state index is 5.94. The van der Waals surface area contributed by atoms with Crippen LogP contribution in [-0.2, 0) is 0 Å². The van der Waals surface area contributed by atoms with Gasteiger partial charge in [0.15, 0.2) is 5.96 Å². The van der Waals surface area contributed by atoms with E-state index in [2.05, 4.69) is 29.0 Å². The fourth-order valence-corrected chi connectivity index (χ4v) is 3.10. The van der Waals surface area contributed by atoms with Crippen molar-refractivity contribution in [2.45, 2.75) is 38.8 Å². The number of hydrogen-bond donors (Lipinski definition) is 2. The lowest BCUT2D eigenvalue weighted by Crippen LogP contribution is -2.48. The van der Waals surface area contributed by atoms with Crippen molar-refractivity contribution in [2.75, 3.05) is 39.8 Å². The molecule has 1 aromatic carbocycles. The SMILES string of the molecule is C=CCN1CCC(NC(=NCC(C)Oc2ccc(OC)cc2)NCC)CC1.I. The average Bonchev–Trinajstić information content (AvgIpc) is 2.68. The molecule has 0 saturated carbocycles. The minimum Gasteiger partial charge on any atom is -0.497 e. The van der Waals surface area contributed by atoms with Crippen LogP contribution in [0.15, 0.2) is 41.9 Å². The van der Waals surface area contributed by atoms with Crippen molar-refractivity contribution in [3.8, 4) is 11.5 Å². The zero-order chi connectivity index (χ0) is 19.5. The Morgan fingerprint density at radius 1 is 1.29 bits per heavy atom. The maximum Gasteiger partial charge on any atom is 0.191 e. The van der Waals surface area contributed by atoms with Crippen LogP contribution in [0.4, 0.5) is 0 Å². The molecule has 1 unspecified atom stereocenters. The van der Waals surface area contributed by atoms with E-state index in [4.69, 9.17) is 14.5 Å². The molecule has 1 heterocycles. The molecule has 0 aliphatic carbocycles. The van der Waals surface area contributed by atoms with Gasteiger partial charge in [-0.2, -0.15) is 0 Å². The van der Waals surface area contributed by atoms with Gasteiger partial charge in [0.1, 0.15) is 17.6 Å². The predicted molar refractivity (Wildman–Crippen MR) is 127 cm³/mol. The van der Waals surface area contributed by atoms with E-state index in [0.717, 1.165) is 56.5 Å². The number of halogens is 1. The largest absolute Gasteiger partial charge is 0.497 e. The number of hydrogen-bond acceptors (Lipinski definition) is 4. The monoisotopic (exact) mass is 502 g/mol. The van der Waals surface area contributed by atoms with Crippen LogP contribution < -0.4 is 20.1 Å². The van der Waals surface area contributed by atoms with Crippen molar-refractivity contribution < 1.29 is 9.47 Å². The van der Waals surface area contributed by atoms with E-state index in [1.165, 1.54) is 0 Å². The smallest absolute Gasteiger partial charge is 0.191 e. The zero-order valence-corrected chi connectivity index (χ0v) is 19.6. The molecular weight excluding hydrogens is 467 g/mol. The van der Waals surface area contributed by atoms with E-state index in [0.29, 0.717) is 12.6 Å². The Kier molecular flexibility index (Phi) is 12.0. The summed E-state index contributed by atoms with van der Waals surface area (Å²) in [5, 5.41) is 6.91. The number of guanidine groups is 1. The van der Waals surface area contributed by atoms with Crippen molar-refractivity contribution in [1.82, 2.24) is 15.5 Å². The third-order valence-electron chi connectivity index (χ3n) is 4.56. The highest BCUT2D eigenvalue weighted by atomic mass is 127.